The Hall–Kier alpha value is -3.11. The van der Waals surface area contributed by atoms with Crippen LogP contribution in [0.1, 0.15) is 18.1 Å². The number of nitrogens with zero attached hydrogens (tertiary/aromatic N) is 3. The van der Waals surface area contributed by atoms with Gasteiger partial charge in [-0.25, -0.2) is 4.39 Å². The molecule has 2 aliphatic rings. The van der Waals surface area contributed by atoms with Gasteiger partial charge in [-0.05, 0) is 37.3 Å². The lowest BCUT2D eigenvalue weighted by Crippen LogP contribution is -2.46. The zero-order valence-electron chi connectivity index (χ0n) is 15.6. The molecular formula is C21H21FN4O2. The second kappa shape index (κ2) is 7.49. The van der Waals surface area contributed by atoms with Crippen molar-refractivity contribution < 1.29 is 13.9 Å². The molecule has 1 saturated heterocycles. The number of nitrogens with one attached hydrogen (secondary N) is 1. The van der Waals surface area contributed by atoms with Crippen LogP contribution in [0.4, 0.5) is 15.8 Å². The molecule has 0 aliphatic carbocycles. The predicted molar refractivity (Wildman–Crippen MR) is 104 cm³/mol. The van der Waals surface area contributed by atoms with Crippen molar-refractivity contribution in [2.24, 2.45) is 0 Å². The van der Waals surface area contributed by atoms with Crippen molar-refractivity contribution in [3.8, 4) is 11.8 Å². The van der Waals surface area contributed by atoms with E-state index in [1.807, 2.05) is 24.3 Å². The van der Waals surface area contributed by atoms with Crippen molar-refractivity contribution in [1.82, 2.24) is 4.90 Å². The molecule has 1 N–H and O–H groups in total. The molecular weight excluding hydrogens is 359 g/mol. The Morgan fingerprint density at radius 3 is 2.61 bits per heavy atom. The van der Waals surface area contributed by atoms with Gasteiger partial charge in [0, 0.05) is 50.0 Å². The predicted octanol–water partition coefficient (Wildman–Crippen LogP) is 2.74. The molecule has 2 aromatic rings. The van der Waals surface area contributed by atoms with Gasteiger partial charge >= 0.3 is 0 Å². The normalized spacial score (nSPS) is 19.4. The van der Waals surface area contributed by atoms with Crippen molar-refractivity contribution in [3.63, 3.8) is 0 Å². The van der Waals surface area contributed by atoms with Crippen LogP contribution in [0.2, 0.25) is 0 Å². The Balaban J connectivity index is 1.40. The standard InChI is InChI=1S/C21H21FN4O2/c1-14-21(27)24-19-10-16(18(22)11-20(19)28-14)13-25-6-8-26(9-7-25)17-4-2-15(12-23)3-5-17/h2-5,10-11,14H,6-9,13H2,1H3,(H,24,27). The number of carbonyl (C=O) groups excluding carboxylic acids is 1. The zero-order valence-corrected chi connectivity index (χ0v) is 15.6. The van der Waals surface area contributed by atoms with Crippen LogP contribution in [-0.4, -0.2) is 43.1 Å². The summed E-state index contributed by atoms with van der Waals surface area (Å²) in [5.41, 5.74) is 2.81. The van der Waals surface area contributed by atoms with Crippen molar-refractivity contribution >= 4 is 17.3 Å². The highest BCUT2D eigenvalue weighted by Gasteiger charge is 2.26. The fraction of sp³-hybridized carbons (Fsp3) is 0.333. The van der Waals surface area contributed by atoms with E-state index in [4.69, 9.17) is 10.00 Å². The van der Waals surface area contributed by atoms with Crippen LogP contribution >= 0.6 is 0 Å². The second-order valence-corrected chi connectivity index (χ2v) is 7.11. The third-order valence-corrected chi connectivity index (χ3v) is 5.21. The summed E-state index contributed by atoms with van der Waals surface area (Å²) in [4.78, 5) is 16.2. The van der Waals surface area contributed by atoms with Crippen LogP contribution in [0.3, 0.4) is 0 Å². The quantitative estimate of drug-likeness (QED) is 0.887. The van der Waals surface area contributed by atoms with E-state index < -0.39 is 6.10 Å². The van der Waals surface area contributed by atoms with Crippen LogP contribution in [0.25, 0.3) is 0 Å². The summed E-state index contributed by atoms with van der Waals surface area (Å²) in [5, 5.41) is 11.7. The molecule has 144 valence electrons. The highest BCUT2D eigenvalue weighted by molar-refractivity contribution is 5.97. The summed E-state index contributed by atoms with van der Waals surface area (Å²) in [6.07, 6.45) is -0.618. The van der Waals surface area contributed by atoms with Crippen LogP contribution in [0.15, 0.2) is 36.4 Å². The summed E-state index contributed by atoms with van der Waals surface area (Å²) in [6.45, 7) is 5.38. The summed E-state index contributed by atoms with van der Waals surface area (Å²) in [5.74, 6) is -0.170. The number of halogens is 1. The minimum absolute atomic E-state index is 0.221. The van der Waals surface area contributed by atoms with Gasteiger partial charge < -0.3 is 15.0 Å². The number of carbonyl (C=O) groups is 1. The first-order chi connectivity index (χ1) is 13.5. The van der Waals surface area contributed by atoms with E-state index in [2.05, 4.69) is 21.2 Å². The molecule has 1 amide bonds. The average molecular weight is 380 g/mol. The van der Waals surface area contributed by atoms with Gasteiger partial charge in [0.25, 0.3) is 5.91 Å². The molecule has 2 aromatic carbocycles. The number of hydrogen-bond donors (Lipinski definition) is 1. The molecule has 0 aromatic heterocycles. The maximum absolute atomic E-state index is 14.5. The molecule has 2 heterocycles. The van der Waals surface area contributed by atoms with E-state index in [-0.39, 0.29) is 11.7 Å². The summed E-state index contributed by atoms with van der Waals surface area (Å²) >= 11 is 0. The third kappa shape index (κ3) is 3.64. The minimum Gasteiger partial charge on any atom is -0.479 e. The maximum Gasteiger partial charge on any atom is 0.265 e. The van der Waals surface area contributed by atoms with Gasteiger partial charge in [-0.1, -0.05) is 0 Å². The van der Waals surface area contributed by atoms with Crippen molar-refractivity contribution in [2.75, 3.05) is 36.4 Å². The molecule has 4 rings (SSSR count). The lowest BCUT2D eigenvalue weighted by atomic mass is 10.1. The number of hydrogen-bond acceptors (Lipinski definition) is 5. The monoisotopic (exact) mass is 380 g/mol. The number of ether oxygens (including phenoxy) is 1. The van der Waals surface area contributed by atoms with Gasteiger partial charge in [0.2, 0.25) is 0 Å². The van der Waals surface area contributed by atoms with Gasteiger partial charge in [0.05, 0.1) is 17.3 Å². The van der Waals surface area contributed by atoms with Gasteiger partial charge in [-0.3, -0.25) is 9.69 Å². The number of benzene rings is 2. The summed E-state index contributed by atoms with van der Waals surface area (Å²) < 4.78 is 20.0. The number of amides is 1. The fourth-order valence-electron chi connectivity index (χ4n) is 3.55. The molecule has 1 fully saturated rings. The SMILES string of the molecule is CC1Oc2cc(F)c(CN3CCN(c4ccc(C#N)cc4)CC3)cc2NC1=O. The van der Waals surface area contributed by atoms with E-state index in [9.17, 15) is 9.18 Å². The number of fused-ring (bicyclic) bond motifs is 1. The first-order valence-corrected chi connectivity index (χ1v) is 9.31. The molecule has 0 bridgehead atoms. The van der Waals surface area contributed by atoms with Gasteiger partial charge in [0.1, 0.15) is 11.6 Å². The van der Waals surface area contributed by atoms with Gasteiger partial charge in [-0.2, -0.15) is 5.26 Å². The van der Waals surface area contributed by atoms with E-state index in [0.29, 0.717) is 29.1 Å². The molecule has 0 radical (unpaired) electrons. The first kappa shape index (κ1) is 18.3. The Kier molecular flexibility index (Phi) is 4.88. The Morgan fingerprint density at radius 1 is 1.21 bits per heavy atom. The maximum atomic E-state index is 14.5. The van der Waals surface area contributed by atoms with E-state index in [1.54, 1.807) is 13.0 Å². The first-order valence-electron chi connectivity index (χ1n) is 9.31. The van der Waals surface area contributed by atoms with Crippen LogP contribution in [0.5, 0.6) is 5.75 Å². The minimum atomic E-state index is -0.618. The topological polar surface area (TPSA) is 68.6 Å². The average Bonchev–Trinajstić information content (AvgIpc) is 2.71. The number of anilines is 2. The second-order valence-electron chi connectivity index (χ2n) is 7.11. The zero-order chi connectivity index (χ0) is 19.7. The molecule has 1 unspecified atom stereocenters. The lowest BCUT2D eigenvalue weighted by Gasteiger charge is -2.36. The number of rotatable bonds is 3. The van der Waals surface area contributed by atoms with Crippen molar-refractivity contribution in [3.05, 3.63) is 53.3 Å². The van der Waals surface area contributed by atoms with Crippen LogP contribution in [0, 0.1) is 17.1 Å². The van der Waals surface area contributed by atoms with E-state index >= 15 is 0 Å². The molecule has 6 nitrogen and oxygen atoms in total. The Morgan fingerprint density at radius 2 is 1.93 bits per heavy atom. The molecule has 0 spiro atoms. The van der Waals surface area contributed by atoms with Crippen molar-refractivity contribution in [1.29, 1.82) is 5.26 Å². The van der Waals surface area contributed by atoms with E-state index in [0.717, 1.165) is 31.9 Å². The highest BCUT2D eigenvalue weighted by atomic mass is 19.1. The van der Waals surface area contributed by atoms with Crippen molar-refractivity contribution in [2.45, 2.75) is 19.6 Å². The fourth-order valence-corrected chi connectivity index (χ4v) is 3.55. The smallest absolute Gasteiger partial charge is 0.265 e. The van der Waals surface area contributed by atoms with Crippen LogP contribution < -0.4 is 15.0 Å². The van der Waals surface area contributed by atoms with Crippen LogP contribution in [-0.2, 0) is 11.3 Å². The molecule has 28 heavy (non-hydrogen) atoms. The Labute approximate surface area is 163 Å². The summed E-state index contributed by atoms with van der Waals surface area (Å²) in [7, 11) is 0. The molecule has 2 aliphatic heterocycles. The van der Waals surface area contributed by atoms with E-state index in [1.165, 1.54) is 6.07 Å². The highest BCUT2D eigenvalue weighted by Crippen LogP contribution is 2.32. The number of nitriles is 1. The Bertz CT molecular complexity index is 931. The summed E-state index contributed by atoms with van der Waals surface area (Å²) in [6, 6.07) is 12.7. The molecule has 7 heteroatoms. The molecule has 0 saturated carbocycles. The van der Waals surface area contributed by atoms with Gasteiger partial charge in [0.15, 0.2) is 6.10 Å². The third-order valence-electron chi connectivity index (χ3n) is 5.21. The molecule has 1 atom stereocenters. The van der Waals surface area contributed by atoms with Gasteiger partial charge in [-0.15, -0.1) is 0 Å². The number of piperazine rings is 1. The lowest BCUT2D eigenvalue weighted by molar-refractivity contribution is -0.122. The largest absolute Gasteiger partial charge is 0.479 e.